The van der Waals surface area contributed by atoms with Crippen LogP contribution in [-0.4, -0.2) is 53.6 Å². The van der Waals surface area contributed by atoms with Crippen molar-refractivity contribution in [3.05, 3.63) is 35.9 Å². The summed E-state index contributed by atoms with van der Waals surface area (Å²) in [6.45, 7) is 0.561. The lowest BCUT2D eigenvalue weighted by atomic mass is 9.80. The number of piperidine rings is 1. The van der Waals surface area contributed by atoms with Gasteiger partial charge in [-0.3, -0.25) is 14.2 Å². The van der Waals surface area contributed by atoms with Crippen LogP contribution in [0.2, 0.25) is 0 Å². The lowest BCUT2D eigenvalue weighted by Crippen LogP contribution is -2.60. The van der Waals surface area contributed by atoms with E-state index < -0.39 is 21.8 Å². The highest BCUT2D eigenvalue weighted by Gasteiger charge is 2.52. The largest absolute Gasteiger partial charge is 0.413 e. The van der Waals surface area contributed by atoms with Crippen molar-refractivity contribution in [2.75, 3.05) is 13.2 Å². The average Bonchev–Trinajstić information content (AvgIpc) is 2.80. The number of rotatable bonds is 5. The summed E-state index contributed by atoms with van der Waals surface area (Å²) in [4.78, 5) is 14.0. The molecule has 1 amide bonds. The third-order valence-electron chi connectivity index (χ3n) is 4.63. The Morgan fingerprint density at radius 2 is 2.09 bits per heavy atom. The molecule has 3 N–H and O–H groups in total. The Morgan fingerprint density at radius 1 is 1.39 bits per heavy atom. The number of primary amides is 1. The van der Waals surface area contributed by atoms with E-state index in [1.165, 1.54) is 5.06 Å². The first kappa shape index (κ1) is 16.3. The van der Waals surface area contributed by atoms with Crippen LogP contribution < -0.4 is 5.73 Å². The Kier molecular flexibility index (Phi) is 4.15. The number of amides is 1. The van der Waals surface area contributed by atoms with Crippen molar-refractivity contribution in [2.24, 2.45) is 5.73 Å². The van der Waals surface area contributed by atoms with Crippen molar-refractivity contribution in [2.45, 2.75) is 30.8 Å². The van der Waals surface area contributed by atoms with Crippen LogP contribution >= 0.6 is 0 Å². The molecule has 23 heavy (non-hydrogen) atoms. The average molecular weight is 341 g/mol. The van der Waals surface area contributed by atoms with Crippen LogP contribution in [0.1, 0.15) is 18.4 Å². The minimum absolute atomic E-state index is 0.0975. The van der Waals surface area contributed by atoms with E-state index in [2.05, 4.69) is 4.28 Å². The summed E-state index contributed by atoms with van der Waals surface area (Å²) in [6.07, 6.45) is 1.52. The van der Waals surface area contributed by atoms with Crippen LogP contribution in [0, 0.1) is 0 Å². The van der Waals surface area contributed by atoms with Gasteiger partial charge in [-0.25, -0.2) is 0 Å². The zero-order valence-electron chi connectivity index (χ0n) is 12.5. The number of hydrogen-bond acceptors (Lipinski definition) is 6. The topological polar surface area (TPSA) is 113 Å². The molecular formula is C14H19N3O5S. The van der Waals surface area contributed by atoms with Gasteiger partial charge in [0.15, 0.2) is 0 Å². The number of hydroxylamine groups is 2. The number of nitrogens with two attached hydrogens (primary N) is 1. The van der Waals surface area contributed by atoms with Gasteiger partial charge >= 0.3 is 10.4 Å². The molecule has 0 spiro atoms. The second-order valence-electron chi connectivity index (χ2n) is 6.03. The van der Waals surface area contributed by atoms with Crippen LogP contribution in [0.4, 0.5) is 0 Å². The number of carbonyl (C=O) groups excluding carboxylic acids is 1. The van der Waals surface area contributed by atoms with E-state index in [4.69, 9.17) is 10.3 Å². The van der Waals surface area contributed by atoms with E-state index in [1.54, 1.807) is 0 Å². The molecule has 126 valence electrons. The quantitative estimate of drug-likeness (QED) is 0.720. The van der Waals surface area contributed by atoms with Gasteiger partial charge in [0.05, 0.1) is 12.7 Å². The summed E-state index contributed by atoms with van der Waals surface area (Å²) in [5, 5.41) is 1.20. The number of benzene rings is 1. The van der Waals surface area contributed by atoms with E-state index in [9.17, 15) is 13.2 Å². The third kappa shape index (κ3) is 3.24. The van der Waals surface area contributed by atoms with Gasteiger partial charge in [0.25, 0.3) is 0 Å². The van der Waals surface area contributed by atoms with E-state index in [0.717, 1.165) is 5.56 Å². The molecule has 9 heteroatoms. The van der Waals surface area contributed by atoms with Crippen molar-refractivity contribution < 1.29 is 22.0 Å². The van der Waals surface area contributed by atoms with Gasteiger partial charge in [-0.05, 0) is 24.8 Å². The Balaban J connectivity index is 1.84. The molecular weight excluding hydrogens is 322 g/mol. The summed E-state index contributed by atoms with van der Waals surface area (Å²) in [5.74, 6) is -0.437. The minimum Gasteiger partial charge on any atom is -0.368 e. The molecule has 8 nitrogen and oxygen atoms in total. The molecule has 2 heterocycles. The van der Waals surface area contributed by atoms with Crippen LogP contribution in [-0.2, 0) is 25.9 Å². The van der Waals surface area contributed by atoms with E-state index >= 15 is 0 Å². The predicted octanol–water partition coefficient (Wildman–Crippen LogP) is -0.0749. The molecule has 0 radical (unpaired) electrons. The van der Waals surface area contributed by atoms with Gasteiger partial charge in [0.1, 0.15) is 5.54 Å². The first-order chi connectivity index (χ1) is 10.8. The van der Waals surface area contributed by atoms with E-state index in [-0.39, 0.29) is 12.7 Å². The Hall–Kier alpha value is -1.52. The standard InChI is InChI=1S/C14H19N3O5S/c15-13(18)14(8-11-4-2-1-3-5-11)7-6-12-9-16(14)10-17(12)22-23(19,20)21/h1-5,12H,6-10H2,(H2,15,18)(H,19,20,21). The molecule has 0 aliphatic carbocycles. The monoisotopic (exact) mass is 341 g/mol. The summed E-state index contributed by atoms with van der Waals surface area (Å²) in [6, 6.07) is 9.36. The molecule has 2 aliphatic rings. The van der Waals surface area contributed by atoms with Crippen LogP contribution in [0.3, 0.4) is 0 Å². The van der Waals surface area contributed by atoms with E-state index in [1.807, 2.05) is 35.2 Å². The maximum atomic E-state index is 12.2. The normalized spacial score (nSPS) is 31.2. The molecule has 2 bridgehead atoms. The van der Waals surface area contributed by atoms with E-state index in [0.29, 0.717) is 25.8 Å². The second kappa shape index (κ2) is 5.84. The Morgan fingerprint density at radius 3 is 2.70 bits per heavy atom. The highest BCUT2D eigenvalue weighted by Crippen LogP contribution is 2.38. The summed E-state index contributed by atoms with van der Waals surface area (Å²) >= 11 is 0. The molecule has 3 atom stereocenters. The number of nitrogens with zero attached hydrogens (tertiary/aromatic N) is 2. The highest BCUT2D eigenvalue weighted by molar-refractivity contribution is 7.80. The molecule has 0 aromatic heterocycles. The first-order valence-corrected chi connectivity index (χ1v) is 8.69. The van der Waals surface area contributed by atoms with Crippen LogP contribution in [0.25, 0.3) is 0 Å². The second-order valence-corrected chi connectivity index (χ2v) is 7.04. The molecule has 2 fully saturated rings. The molecule has 3 unspecified atom stereocenters. The Bertz CT molecular complexity index is 696. The van der Waals surface area contributed by atoms with Crippen LogP contribution in [0.15, 0.2) is 30.3 Å². The zero-order valence-corrected chi connectivity index (χ0v) is 13.3. The molecule has 1 aromatic carbocycles. The number of hydrogen-bond donors (Lipinski definition) is 2. The first-order valence-electron chi connectivity index (χ1n) is 7.33. The molecule has 0 saturated carbocycles. The summed E-state index contributed by atoms with van der Waals surface area (Å²) < 4.78 is 35.4. The fourth-order valence-electron chi connectivity index (χ4n) is 3.50. The fourth-order valence-corrected chi connectivity index (χ4v) is 3.91. The smallest absolute Gasteiger partial charge is 0.368 e. The Labute approximate surface area is 134 Å². The zero-order chi connectivity index (χ0) is 16.7. The SMILES string of the molecule is NC(=O)C1(Cc2ccccc2)CCC2CN1CN2OS(=O)(=O)O. The fraction of sp³-hybridized carbons (Fsp3) is 0.500. The van der Waals surface area contributed by atoms with Crippen molar-refractivity contribution in [3.8, 4) is 0 Å². The third-order valence-corrected chi connectivity index (χ3v) is 5.01. The molecule has 2 aliphatic heterocycles. The van der Waals surface area contributed by atoms with Crippen molar-refractivity contribution in [1.82, 2.24) is 9.96 Å². The van der Waals surface area contributed by atoms with Crippen molar-refractivity contribution >= 4 is 16.3 Å². The van der Waals surface area contributed by atoms with Crippen molar-refractivity contribution in [3.63, 3.8) is 0 Å². The minimum atomic E-state index is -4.58. The van der Waals surface area contributed by atoms with Gasteiger partial charge in [-0.2, -0.15) is 17.8 Å². The summed E-state index contributed by atoms with van der Waals surface area (Å²) in [5.41, 5.74) is 5.80. The lowest BCUT2D eigenvalue weighted by molar-refractivity contribution is -0.132. The van der Waals surface area contributed by atoms with Crippen molar-refractivity contribution in [1.29, 1.82) is 0 Å². The molecule has 2 saturated heterocycles. The predicted molar refractivity (Wildman–Crippen MR) is 81.1 cm³/mol. The summed E-state index contributed by atoms with van der Waals surface area (Å²) in [7, 11) is -4.58. The van der Waals surface area contributed by atoms with Gasteiger partial charge in [-0.15, -0.1) is 0 Å². The maximum Gasteiger partial charge on any atom is 0.413 e. The van der Waals surface area contributed by atoms with Gasteiger partial charge in [-0.1, -0.05) is 30.3 Å². The van der Waals surface area contributed by atoms with Gasteiger partial charge in [0, 0.05) is 6.54 Å². The molecule has 3 rings (SSSR count). The number of fused-ring (bicyclic) bond motifs is 2. The highest BCUT2D eigenvalue weighted by atomic mass is 32.3. The lowest BCUT2D eigenvalue weighted by Gasteiger charge is -2.41. The molecule has 1 aromatic rings. The maximum absolute atomic E-state index is 12.2. The van der Waals surface area contributed by atoms with Gasteiger partial charge in [0.2, 0.25) is 5.91 Å². The number of carbonyl (C=O) groups is 1. The van der Waals surface area contributed by atoms with Gasteiger partial charge < -0.3 is 5.73 Å². The van der Waals surface area contributed by atoms with Crippen LogP contribution in [0.5, 0.6) is 0 Å².